The van der Waals surface area contributed by atoms with Gasteiger partial charge in [0.15, 0.2) is 0 Å². The van der Waals surface area contributed by atoms with Crippen LogP contribution in [-0.4, -0.2) is 65.4 Å². The maximum atomic E-state index is 14.6. The van der Waals surface area contributed by atoms with Gasteiger partial charge in [0.1, 0.15) is 22.4 Å². The van der Waals surface area contributed by atoms with Crippen LogP contribution >= 0.6 is 11.6 Å². The van der Waals surface area contributed by atoms with Crippen LogP contribution in [0.3, 0.4) is 0 Å². The Balaban J connectivity index is 1.06. The van der Waals surface area contributed by atoms with Gasteiger partial charge in [0.05, 0.1) is 17.5 Å². The molecule has 2 N–H and O–H groups in total. The minimum Gasteiger partial charge on any atom is -0.342 e. The molecule has 48 heavy (non-hydrogen) atoms. The van der Waals surface area contributed by atoms with Gasteiger partial charge in [0.2, 0.25) is 15.9 Å². The van der Waals surface area contributed by atoms with Crippen molar-refractivity contribution < 1.29 is 22.0 Å². The van der Waals surface area contributed by atoms with Gasteiger partial charge >= 0.3 is 0 Å². The highest BCUT2D eigenvalue weighted by atomic mass is 35.5. The number of halogens is 3. The molecule has 3 aromatic carbocycles. The lowest BCUT2D eigenvalue weighted by Crippen LogP contribution is -2.49. The van der Waals surface area contributed by atoms with E-state index in [-0.39, 0.29) is 34.1 Å². The van der Waals surface area contributed by atoms with Gasteiger partial charge in [-0.15, -0.1) is 0 Å². The molecular weight excluding hydrogens is 656 g/mol. The summed E-state index contributed by atoms with van der Waals surface area (Å²) < 4.78 is 55.0. The van der Waals surface area contributed by atoms with Crippen LogP contribution in [0, 0.1) is 18.6 Å². The maximum absolute atomic E-state index is 14.6. The Bertz CT molecular complexity index is 1960. The lowest BCUT2D eigenvalue weighted by molar-refractivity contribution is -0.132. The van der Waals surface area contributed by atoms with E-state index in [9.17, 15) is 22.0 Å². The zero-order chi connectivity index (χ0) is 33.8. The smallest absolute Gasteiger partial charge is 0.240 e. The molecule has 3 saturated heterocycles. The summed E-state index contributed by atoms with van der Waals surface area (Å²) in [7, 11) is -4.32. The van der Waals surface area contributed by atoms with E-state index in [0.29, 0.717) is 44.1 Å². The van der Waals surface area contributed by atoms with Crippen molar-refractivity contribution in [3.05, 3.63) is 94.3 Å². The van der Waals surface area contributed by atoms with Crippen molar-refractivity contribution in [1.29, 1.82) is 0 Å². The number of aromatic nitrogens is 2. The maximum Gasteiger partial charge on any atom is 0.240 e. The highest BCUT2D eigenvalue weighted by Crippen LogP contribution is 2.45. The molecule has 4 aromatic rings. The van der Waals surface area contributed by atoms with Gasteiger partial charge in [0, 0.05) is 36.2 Å². The van der Waals surface area contributed by atoms with Crippen molar-refractivity contribution >= 4 is 38.6 Å². The first kappa shape index (κ1) is 33.1. The first-order valence-electron chi connectivity index (χ1n) is 16.7. The van der Waals surface area contributed by atoms with Gasteiger partial charge < -0.3 is 9.47 Å². The third kappa shape index (κ3) is 6.26. The second kappa shape index (κ2) is 12.8. The summed E-state index contributed by atoms with van der Waals surface area (Å²) >= 11 is 6.20. The van der Waals surface area contributed by atoms with Crippen LogP contribution in [0.4, 0.5) is 8.78 Å². The van der Waals surface area contributed by atoms with E-state index in [0.717, 1.165) is 54.8 Å². The molecule has 0 aliphatic carbocycles. The van der Waals surface area contributed by atoms with E-state index < -0.39 is 20.7 Å². The van der Waals surface area contributed by atoms with Crippen molar-refractivity contribution in [2.75, 3.05) is 19.6 Å². The molecule has 12 heteroatoms. The monoisotopic (exact) mass is 695 g/mol. The number of aryl methyl sites for hydroxylation is 1. The SMILES string of the molecule is Cc1nc2ccccc2n1C1CC2CCC(C1)N2CCC1(c2cccc(F)c2)CCN(C(=O)Cc2cc(S(N)(=O)=O)c(F)cc2Cl)CC1. The highest BCUT2D eigenvalue weighted by molar-refractivity contribution is 7.89. The number of imidazole rings is 1. The molecule has 0 saturated carbocycles. The fourth-order valence-corrected chi connectivity index (χ4v) is 9.53. The number of para-hydroxylation sites is 2. The number of amides is 1. The van der Waals surface area contributed by atoms with E-state index in [1.807, 2.05) is 12.1 Å². The second-order valence-electron chi connectivity index (χ2n) is 13.8. The zero-order valence-corrected chi connectivity index (χ0v) is 28.5. The Labute approximate surface area is 284 Å². The molecule has 3 aliphatic heterocycles. The number of benzene rings is 3. The van der Waals surface area contributed by atoms with E-state index in [2.05, 4.69) is 34.6 Å². The summed E-state index contributed by atoms with van der Waals surface area (Å²) in [6.45, 7) is 3.91. The van der Waals surface area contributed by atoms with Gasteiger partial charge in [-0.2, -0.15) is 0 Å². The van der Waals surface area contributed by atoms with Crippen molar-refractivity contribution in [1.82, 2.24) is 19.4 Å². The average Bonchev–Trinajstić information content (AvgIpc) is 3.51. The van der Waals surface area contributed by atoms with Crippen LogP contribution in [0.5, 0.6) is 0 Å². The van der Waals surface area contributed by atoms with Crippen molar-refractivity contribution in [3.8, 4) is 0 Å². The number of piperidine rings is 2. The quantitative estimate of drug-likeness (QED) is 0.234. The van der Waals surface area contributed by atoms with E-state index in [1.165, 1.54) is 24.4 Å². The highest BCUT2D eigenvalue weighted by Gasteiger charge is 2.44. The topological polar surface area (TPSA) is 102 Å². The number of hydrogen-bond donors (Lipinski definition) is 1. The zero-order valence-electron chi connectivity index (χ0n) is 26.9. The second-order valence-corrected chi connectivity index (χ2v) is 15.7. The summed E-state index contributed by atoms with van der Waals surface area (Å²) in [5.74, 6) is -0.503. The van der Waals surface area contributed by atoms with Crippen LogP contribution in [-0.2, 0) is 26.7 Å². The lowest BCUT2D eigenvalue weighted by atomic mass is 9.70. The number of primary sulfonamides is 1. The number of rotatable bonds is 8. The van der Waals surface area contributed by atoms with E-state index >= 15 is 0 Å². The summed E-state index contributed by atoms with van der Waals surface area (Å²) in [5.41, 5.74) is 3.09. The van der Waals surface area contributed by atoms with Crippen LogP contribution in [0.1, 0.15) is 67.9 Å². The number of fused-ring (bicyclic) bond motifs is 3. The van der Waals surface area contributed by atoms with Gasteiger partial charge in [-0.3, -0.25) is 9.69 Å². The Morgan fingerprint density at radius 3 is 2.40 bits per heavy atom. The first-order valence-corrected chi connectivity index (χ1v) is 18.6. The number of likely N-dealkylation sites (tertiary alicyclic amines) is 1. The Hall–Kier alpha value is -3.38. The minimum atomic E-state index is -4.32. The molecule has 0 spiro atoms. The van der Waals surface area contributed by atoms with E-state index in [1.54, 1.807) is 17.0 Å². The van der Waals surface area contributed by atoms with Crippen LogP contribution < -0.4 is 5.14 Å². The molecule has 0 radical (unpaired) electrons. The van der Waals surface area contributed by atoms with Gasteiger partial charge in [-0.05, 0) is 111 Å². The van der Waals surface area contributed by atoms with Gasteiger partial charge in [-0.1, -0.05) is 35.9 Å². The third-order valence-corrected chi connectivity index (χ3v) is 12.4. The molecule has 2 unspecified atom stereocenters. The normalized spacial score (nSPS) is 22.8. The fourth-order valence-electron chi connectivity index (χ4n) is 8.68. The predicted molar refractivity (Wildman–Crippen MR) is 181 cm³/mol. The molecule has 254 valence electrons. The first-order chi connectivity index (χ1) is 22.9. The number of carbonyl (C=O) groups is 1. The molecule has 3 aliphatic rings. The van der Waals surface area contributed by atoms with Crippen LogP contribution in [0.15, 0.2) is 65.6 Å². The molecule has 8 nitrogen and oxygen atoms in total. The third-order valence-electron chi connectivity index (χ3n) is 11.1. The number of hydrogen-bond acceptors (Lipinski definition) is 5. The minimum absolute atomic E-state index is 0.0332. The van der Waals surface area contributed by atoms with Crippen LogP contribution in [0.2, 0.25) is 5.02 Å². The largest absolute Gasteiger partial charge is 0.342 e. The summed E-state index contributed by atoms with van der Waals surface area (Å²) in [4.78, 5) is 22.0. The Morgan fingerprint density at radius 2 is 1.71 bits per heavy atom. The number of sulfonamides is 1. The van der Waals surface area contributed by atoms with Gasteiger partial charge in [0.25, 0.3) is 0 Å². The molecular formula is C36H40ClF2N5O3S. The number of nitrogens with two attached hydrogens (primary N) is 1. The summed E-state index contributed by atoms with van der Waals surface area (Å²) in [5, 5.41) is 5.13. The summed E-state index contributed by atoms with van der Waals surface area (Å²) in [6.07, 6.45) is 6.48. The fraction of sp³-hybridized carbons (Fsp3) is 0.444. The van der Waals surface area contributed by atoms with Gasteiger partial charge in [-0.25, -0.2) is 27.3 Å². The average molecular weight is 696 g/mol. The van der Waals surface area contributed by atoms with E-state index in [4.69, 9.17) is 21.7 Å². The number of nitrogens with zero attached hydrogens (tertiary/aromatic N) is 4. The molecule has 7 rings (SSSR count). The Kier molecular flexibility index (Phi) is 8.85. The summed E-state index contributed by atoms with van der Waals surface area (Å²) in [6, 6.07) is 18.5. The van der Waals surface area contributed by atoms with Crippen molar-refractivity contribution in [2.45, 2.75) is 86.7 Å². The van der Waals surface area contributed by atoms with Crippen LogP contribution in [0.25, 0.3) is 11.0 Å². The number of carbonyl (C=O) groups excluding carboxylic acids is 1. The molecule has 3 fully saturated rings. The molecule has 2 bridgehead atoms. The molecule has 4 heterocycles. The Morgan fingerprint density at radius 1 is 1.00 bits per heavy atom. The lowest BCUT2D eigenvalue weighted by Gasteiger charge is -2.45. The van der Waals surface area contributed by atoms with Crippen molar-refractivity contribution in [2.24, 2.45) is 5.14 Å². The molecule has 1 aromatic heterocycles. The van der Waals surface area contributed by atoms with Crippen molar-refractivity contribution in [3.63, 3.8) is 0 Å². The molecule has 1 amide bonds. The molecule has 2 atom stereocenters. The predicted octanol–water partition coefficient (Wildman–Crippen LogP) is 6.28. The standard InChI is InChI=1S/C36H40ClF2N5O3S/c1-23-41-32-7-2-3-8-33(32)44(23)29-20-27-9-10-28(21-29)43(27)16-13-36(25-5-4-6-26(38)19-25)11-14-42(15-12-36)35(45)18-24-17-34(48(40,46)47)31(39)22-30(24)37/h2-8,17,19,22,27-29H,9-16,18,20-21H2,1H3,(H2,40,46,47).